The lowest BCUT2D eigenvalue weighted by Crippen LogP contribution is -2.43. The second kappa shape index (κ2) is 6.44. The van der Waals surface area contributed by atoms with Gasteiger partial charge in [0.2, 0.25) is 5.28 Å². The molecular formula is C15H21ClN4O2. The number of carbonyl (C=O) groups is 1. The fraction of sp³-hybridized carbons (Fsp3) is 0.467. The minimum Gasteiger partial charge on any atom is -0.442 e. The van der Waals surface area contributed by atoms with Crippen molar-refractivity contribution in [2.24, 2.45) is 0 Å². The summed E-state index contributed by atoms with van der Waals surface area (Å²) < 4.78 is 6.91. The number of rotatable bonds is 3. The van der Waals surface area contributed by atoms with Crippen LogP contribution in [0, 0.1) is 0 Å². The molecule has 1 amide bonds. The van der Waals surface area contributed by atoms with Gasteiger partial charge < -0.3 is 10.1 Å². The Kier molecular flexibility index (Phi) is 4.81. The van der Waals surface area contributed by atoms with Crippen molar-refractivity contribution in [1.82, 2.24) is 15.0 Å². The summed E-state index contributed by atoms with van der Waals surface area (Å²) in [5.74, 6) is 0. The number of hydrogen-bond donors (Lipinski definition) is 1. The van der Waals surface area contributed by atoms with Gasteiger partial charge in [0.15, 0.2) is 0 Å². The van der Waals surface area contributed by atoms with Crippen LogP contribution in [0.4, 0.5) is 4.79 Å². The standard InChI is InChI=1S/C15H21ClN4O2/c1-5-19(14(21)22-15(2,3)4)20-10-12(18-13(20)16)11-7-6-8-17-9-11/h6-8,10,17H,5,9H2,1-4H3. The van der Waals surface area contributed by atoms with E-state index in [9.17, 15) is 4.79 Å². The summed E-state index contributed by atoms with van der Waals surface area (Å²) in [6.07, 6.45) is 7.00. The second-order valence-corrected chi connectivity index (χ2v) is 6.21. The van der Waals surface area contributed by atoms with Crippen LogP contribution in [0.2, 0.25) is 5.28 Å². The number of imidazole rings is 1. The van der Waals surface area contributed by atoms with Crippen LogP contribution in [0.15, 0.2) is 24.5 Å². The fourth-order valence-electron chi connectivity index (χ4n) is 1.99. The number of amides is 1. The molecule has 6 nitrogen and oxygen atoms in total. The van der Waals surface area contributed by atoms with Gasteiger partial charge in [0, 0.05) is 13.1 Å². The Bertz CT molecular complexity index is 614. The molecule has 1 aliphatic rings. The van der Waals surface area contributed by atoms with Crippen molar-refractivity contribution in [3.8, 4) is 0 Å². The molecule has 0 bridgehead atoms. The van der Waals surface area contributed by atoms with Crippen molar-refractivity contribution in [3.63, 3.8) is 0 Å². The summed E-state index contributed by atoms with van der Waals surface area (Å²) in [4.78, 5) is 16.6. The topological polar surface area (TPSA) is 59.4 Å². The SMILES string of the molecule is CCN(C(=O)OC(C)(C)C)n1cc(C2=CC=CNC2)nc1Cl. The maximum absolute atomic E-state index is 12.3. The first kappa shape index (κ1) is 16.4. The Morgan fingerprint density at radius 1 is 1.55 bits per heavy atom. The molecule has 0 spiro atoms. The van der Waals surface area contributed by atoms with Gasteiger partial charge in [-0.25, -0.2) is 19.5 Å². The van der Waals surface area contributed by atoms with Crippen molar-refractivity contribution in [2.45, 2.75) is 33.3 Å². The van der Waals surface area contributed by atoms with Crippen LogP contribution < -0.4 is 10.3 Å². The zero-order valence-corrected chi connectivity index (χ0v) is 14.0. The molecule has 0 unspecified atom stereocenters. The normalized spacial score (nSPS) is 14.3. The molecule has 0 saturated heterocycles. The number of nitrogens with zero attached hydrogens (tertiary/aromatic N) is 3. The van der Waals surface area contributed by atoms with Gasteiger partial charge in [-0.05, 0) is 57.1 Å². The van der Waals surface area contributed by atoms with E-state index in [0.29, 0.717) is 13.1 Å². The molecule has 0 radical (unpaired) electrons. The predicted molar refractivity (Wildman–Crippen MR) is 87.3 cm³/mol. The van der Waals surface area contributed by atoms with E-state index < -0.39 is 11.7 Å². The molecule has 1 N–H and O–H groups in total. The monoisotopic (exact) mass is 324 g/mol. The largest absolute Gasteiger partial charge is 0.442 e. The van der Waals surface area contributed by atoms with Crippen molar-refractivity contribution < 1.29 is 9.53 Å². The average Bonchev–Trinajstić information content (AvgIpc) is 2.81. The molecule has 0 saturated carbocycles. The van der Waals surface area contributed by atoms with Crippen LogP contribution in [0.3, 0.4) is 0 Å². The molecule has 0 atom stereocenters. The van der Waals surface area contributed by atoms with E-state index >= 15 is 0 Å². The van der Waals surface area contributed by atoms with Crippen LogP contribution in [0.25, 0.3) is 5.57 Å². The van der Waals surface area contributed by atoms with Gasteiger partial charge in [-0.2, -0.15) is 0 Å². The van der Waals surface area contributed by atoms with Gasteiger partial charge in [0.25, 0.3) is 0 Å². The molecule has 2 rings (SSSR count). The lowest BCUT2D eigenvalue weighted by Gasteiger charge is -2.27. The van der Waals surface area contributed by atoms with E-state index in [1.807, 2.05) is 46.0 Å². The van der Waals surface area contributed by atoms with Crippen molar-refractivity contribution >= 4 is 23.3 Å². The smallest absolute Gasteiger partial charge is 0.429 e. The maximum atomic E-state index is 12.3. The first-order valence-corrected chi connectivity index (χ1v) is 7.55. The van der Waals surface area contributed by atoms with Gasteiger partial charge in [-0.1, -0.05) is 6.08 Å². The number of hydrogen-bond acceptors (Lipinski definition) is 4. The molecule has 7 heteroatoms. The lowest BCUT2D eigenvalue weighted by atomic mass is 10.1. The Balaban J connectivity index is 2.26. The van der Waals surface area contributed by atoms with Crippen LogP contribution in [0.5, 0.6) is 0 Å². The van der Waals surface area contributed by atoms with Crippen LogP contribution >= 0.6 is 11.6 Å². The third-order valence-corrected chi connectivity index (χ3v) is 3.20. The number of ether oxygens (including phenoxy) is 1. The van der Waals surface area contributed by atoms with E-state index in [-0.39, 0.29) is 5.28 Å². The van der Waals surface area contributed by atoms with E-state index in [2.05, 4.69) is 10.3 Å². The highest BCUT2D eigenvalue weighted by molar-refractivity contribution is 6.28. The molecule has 1 aromatic heterocycles. The first-order valence-electron chi connectivity index (χ1n) is 7.17. The number of allylic oxidation sites excluding steroid dienone is 2. The van der Waals surface area contributed by atoms with E-state index in [1.54, 1.807) is 6.20 Å². The molecule has 1 aromatic rings. The highest BCUT2D eigenvalue weighted by Gasteiger charge is 2.24. The summed E-state index contributed by atoms with van der Waals surface area (Å²) in [7, 11) is 0. The molecule has 0 aromatic carbocycles. The van der Waals surface area contributed by atoms with Gasteiger partial charge in [0.05, 0.1) is 11.9 Å². The van der Waals surface area contributed by atoms with Crippen molar-refractivity contribution in [1.29, 1.82) is 0 Å². The van der Waals surface area contributed by atoms with Gasteiger partial charge in [-0.15, -0.1) is 0 Å². The number of dihydropyridines is 1. The predicted octanol–water partition coefficient (Wildman–Crippen LogP) is 2.93. The van der Waals surface area contributed by atoms with Gasteiger partial charge in [0.1, 0.15) is 5.60 Å². The minimum absolute atomic E-state index is 0.221. The molecule has 0 fully saturated rings. The molecule has 1 aliphatic heterocycles. The molecule has 22 heavy (non-hydrogen) atoms. The Hall–Kier alpha value is -1.95. The van der Waals surface area contributed by atoms with E-state index in [1.165, 1.54) is 9.69 Å². The molecular weight excluding hydrogens is 304 g/mol. The Labute approximate surface area is 135 Å². The van der Waals surface area contributed by atoms with Crippen LogP contribution in [0.1, 0.15) is 33.4 Å². The van der Waals surface area contributed by atoms with E-state index in [4.69, 9.17) is 16.3 Å². The van der Waals surface area contributed by atoms with Crippen molar-refractivity contribution in [2.75, 3.05) is 18.1 Å². The zero-order valence-electron chi connectivity index (χ0n) is 13.3. The quantitative estimate of drug-likeness (QED) is 0.928. The Morgan fingerprint density at radius 2 is 2.27 bits per heavy atom. The fourth-order valence-corrected chi connectivity index (χ4v) is 2.22. The summed E-state index contributed by atoms with van der Waals surface area (Å²) in [5.41, 5.74) is 1.16. The third kappa shape index (κ3) is 3.82. The number of nitrogens with one attached hydrogen (secondary N) is 1. The summed E-state index contributed by atoms with van der Waals surface area (Å²) in [6.45, 7) is 8.41. The molecule has 0 aliphatic carbocycles. The summed E-state index contributed by atoms with van der Waals surface area (Å²) in [5, 5.41) is 4.75. The third-order valence-electron chi connectivity index (χ3n) is 2.94. The van der Waals surface area contributed by atoms with Gasteiger partial charge in [-0.3, -0.25) is 0 Å². The second-order valence-electron chi connectivity index (χ2n) is 5.87. The van der Waals surface area contributed by atoms with Crippen LogP contribution in [-0.2, 0) is 4.74 Å². The average molecular weight is 325 g/mol. The highest BCUT2D eigenvalue weighted by atomic mass is 35.5. The first-order chi connectivity index (χ1) is 10.3. The summed E-state index contributed by atoms with van der Waals surface area (Å²) in [6, 6.07) is 0. The maximum Gasteiger partial charge on any atom is 0.429 e. The lowest BCUT2D eigenvalue weighted by molar-refractivity contribution is 0.0541. The molecule has 2 heterocycles. The Morgan fingerprint density at radius 3 is 2.82 bits per heavy atom. The zero-order chi connectivity index (χ0) is 16.3. The molecule has 120 valence electrons. The number of aromatic nitrogens is 2. The van der Waals surface area contributed by atoms with Crippen molar-refractivity contribution in [3.05, 3.63) is 35.5 Å². The van der Waals surface area contributed by atoms with Crippen LogP contribution in [-0.4, -0.2) is 34.4 Å². The number of halogens is 1. The summed E-state index contributed by atoms with van der Waals surface area (Å²) >= 11 is 6.19. The number of carbonyl (C=O) groups excluding carboxylic acids is 1. The highest BCUT2D eigenvalue weighted by Crippen LogP contribution is 2.20. The minimum atomic E-state index is -0.568. The van der Waals surface area contributed by atoms with E-state index in [0.717, 1.165) is 11.3 Å². The van der Waals surface area contributed by atoms with Gasteiger partial charge >= 0.3 is 6.09 Å².